The van der Waals surface area contributed by atoms with E-state index in [1.807, 2.05) is 6.07 Å². The third-order valence-corrected chi connectivity index (χ3v) is 4.17. The number of rotatable bonds is 2. The molecule has 1 aromatic heterocycles. The number of fused-ring (bicyclic) bond motifs is 1. The van der Waals surface area contributed by atoms with Crippen LogP contribution in [0.25, 0.3) is 0 Å². The monoisotopic (exact) mass is 362 g/mol. The average molecular weight is 362 g/mol. The van der Waals surface area contributed by atoms with Crippen LogP contribution in [0.2, 0.25) is 0 Å². The zero-order valence-corrected chi connectivity index (χ0v) is 14.1. The summed E-state index contributed by atoms with van der Waals surface area (Å²) < 4.78 is 0. The van der Waals surface area contributed by atoms with Crippen LogP contribution in [0.15, 0.2) is 23.2 Å². The summed E-state index contributed by atoms with van der Waals surface area (Å²) in [5.41, 5.74) is 14.0. The van der Waals surface area contributed by atoms with Crippen molar-refractivity contribution >= 4 is 29.3 Å². The van der Waals surface area contributed by atoms with Gasteiger partial charge < -0.3 is 21.9 Å². The highest BCUT2D eigenvalue weighted by Gasteiger charge is 2.30. The quantitative estimate of drug-likeness (QED) is 0.384. The van der Waals surface area contributed by atoms with Gasteiger partial charge in [0, 0.05) is 5.56 Å². The molecule has 0 spiro atoms. The largest absolute Gasteiger partial charge is 0.478 e. The van der Waals surface area contributed by atoms with Gasteiger partial charge in [-0.1, -0.05) is 6.07 Å². The molecule has 1 aliphatic heterocycles. The Hall–Kier alpha value is -4.31. The second-order valence-corrected chi connectivity index (χ2v) is 5.78. The molecule has 2 aromatic rings. The van der Waals surface area contributed by atoms with Crippen molar-refractivity contribution in [3.05, 3.63) is 46.0 Å². The number of nitrogens with zero attached hydrogens (tertiary/aromatic N) is 4. The molecule has 0 radical (unpaired) electrons. The number of nitrogens with one attached hydrogen (secondary N) is 2. The number of hydrogen-bond acceptors (Lipinski definition) is 9. The Morgan fingerprint density at radius 3 is 2.70 bits per heavy atom. The highest BCUT2D eigenvalue weighted by Crippen LogP contribution is 2.41. The Balaban J connectivity index is 2.25. The normalized spacial score (nSPS) is 14.8. The fourth-order valence-electron chi connectivity index (χ4n) is 2.92. The first-order valence-corrected chi connectivity index (χ1v) is 7.70. The lowest BCUT2D eigenvalue weighted by Gasteiger charge is -2.27. The molecule has 1 aliphatic rings. The molecule has 10 heteroatoms. The van der Waals surface area contributed by atoms with Crippen LogP contribution in [0, 0.1) is 29.7 Å². The number of guanidine groups is 1. The molecule has 0 bridgehead atoms. The highest BCUT2D eigenvalue weighted by molar-refractivity contribution is 5.98. The Kier molecular flexibility index (Phi) is 4.24. The maximum Gasteiger partial charge on any atom is 0.335 e. The molecule has 134 valence electrons. The summed E-state index contributed by atoms with van der Waals surface area (Å²) in [5, 5.41) is 32.6. The average Bonchev–Trinajstić information content (AvgIpc) is 2.61. The number of carboxylic acids is 1. The number of hydrogen-bond donors (Lipinski definition) is 5. The zero-order chi connectivity index (χ0) is 19.7. The Morgan fingerprint density at radius 1 is 1.37 bits per heavy atom. The van der Waals surface area contributed by atoms with E-state index in [9.17, 15) is 10.1 Å². The van der Waals surface area contributed by atoms with E-state index in [-0.39, 0.29) is 34.4 Å². The SMILES string of the molecule is Cc1cc(C(=O)O)ccc1C1N=C(NC#N)Nc2nc(N)c(C#N)c(N)c21. The van der Waals surface area contributed by atoms with Crippen LogP contribution in [-0.2, 0) is 0 Å². The number of benzene rings is 1. The standard InChI is InChI=1S/C17H14N8O2/c1-7-4-8(16(26)27)2-3-9(7)13-11-12(20)10(5-18)14(21)24-15(11)25-17(23-13)22-6-19/h2-4,13H,1H3,(H,26,27)(H6,20,21,22,23,24,25). The van der Waals surface area contributed by atoms with Crippen LogP contribution in [0.1, 0.15) is 38.7 Å². The van der Waals surface area contributed by atoms with Gasteiger partial charge in [0.25, 0.3) is 0 Å². The first-order valence-electron chi connectivity index (χ1n) is 7.70. The van der Waals surface area contributed by atoms with Crippen molar-refractivity contribution in [1.29, 1.82) is 10.5 Å². The van der Waals surface area contributed by atoms with E-state index in [2.05, 4.69) is 20.6 Å². The van der Waals surface area contributed by atoms with E-state index >= 15 is 0 Å². The van der Waals surface area contributed by atoms with Gasteiger partial charge in [-0.15, -0.1) is 0 Å². The van der Waals surface area contributed by atoms with Crippen LogP contribution in [0.3, 0.4) is 0 Å². The van der Waals surface area contributed by atoms with Gasteiger partial charge >= 0.3 is 5.97 Å². The van der Waals surface area contributed by atoms with Crippen molar-refractivity contribution in [2.75, 3.05) is 16.8 Å². The van der Waals surface area contributed by atoms with Gasteiger partial charge in [-0.2, -0.15) is 10.5 Å². The summed E-state index contributed by atoms with van der Waals surface area (Å²) in [7, 11) is 0. The van der Waals surface area contributed by atoms with Crippen LogP contribution in [-0.4, -0.2) is 22.0 Å². The lowest BCUT2D eigenvalue weighted by atomic mass is 9.91. The number of aryl methyl sites for hydroxylation is 1. The highest BCUT2D eigenvalue weighted by atomic mass is 16.4. The molecule has 1 unspecified atom stereocenters. The third kappa shape index (κ3) is 2.92. The molecule has 0 saturated heterocycles. The van der Waals surface area contributed by atoms with Gasteiger partial charge in [-0.25, -0.2) is 14.8 Å². The Bertz CT molecular complexity index is 1080. The summed E-state index contributed by atoms with van der Waals surface area (Å²) in [5.74, 6) is -0.696. The first kappa shape index (κ1) is 17.5. The predicted molar refractivity (Wildman–Crippen MR) is 97.6 cm³/mol. The topological polar surface area (TPSA) is 186 Å². The van der Waals surface area contributed by atoms with Gasteiger partial charge in [-0.3, -0.25) is 5.32 Å². The van der Waals surface area contributed by atoms with E-state index in [4.69, 9.17) is 21.8 Å². The molecule has 0 saturated carbocycles. The Labute approximate surface area is 153 Å². The zero-order valence-electron chi connectivity index (χ0n) is 14.1. The molecule has 1 aromatic carbocycles. The number of anilines is 3. The van der Waals surface area contributed by atoms with Crippen molar-refractivity contribution in [2.24, 2.45) is 4.99 Å². The molecule has 0 amide bonds. The minimum atomic E-state index is -1.05. The number of carboxylic acid groups (broad SMARTS) is 1. The number of nitrogens with two attached hydrogens (primary N) is 2. The van der Waals surface area contributed by atoms with Crippen molar-refractivity contribution in [2.45, 2.75) is 13.0 Å². The number of pyridine rings is 1. The summed E-state index contributed by atoms with van der Waals surface area (Å²) in [6.45, 7) is 1.74. The second-order valence-electron chi connectivity index (χ2n) is 5.78. The van der Waals surface area contributed by atoms with Gasteiger partial charge in [0.05, 0.1) is 11.3 Å². The van der Waals surface area contributed by atoms with E-state index in [0.29, 0.717) is 16.7 Å². The molecule has 27 heavy (non-hydrogen) atoms. The van der Waals surface area contributed by atoms with Gasteiger partial charge in [-0.05, 0) is 30.2 Å². The summed E-state index contributed by atoms with van der Waals surface area (Å²) >= 11 is 0. The molecule has 1 atom stereocenters. The predicted octanol–water partition coefficient (Wildman–Crippen LogP) is 1.07. The number of aliphatic imine (C=N–C) groups is 1. The minimum Gasteiger partial charge on any atom is -0.478 e. The molecule has 7 N–H and O–H groups in total. The van der Waals surface area contributed by atoms with Crippen LogP contribution < -0.4 is 22.1 Å². The molecule has 3 rings (SSSR count). The Morgan fingerprint density at radius 2 is 2.11 bits per heavy atom. The van der Waals surface area contributed by atoms with E-state index < -0.39 is 12.0 Å². The number of aromatic nitrogens is 1. The summed E-state index contributed by atoms with van der Waals surface area (Å²) in [6, 6.07) is 5.80. The number of nitrogen functional groups attached to an aromatic ring is 2. The molecule has 0 aliphatic carbocycles. The lowest BCUT2D eigenvalue weighted by Crippen LogP contribution is -2.33. The first-order chi connectivity index (χ1) is 12.9. The molecular formula is C17H14N8O2. The molecular weight excluding hydrogens is 348 g/mol. The minimum absolute atomic E-state index is 0.0345. The lowest BCUT2D eigenvalue weighted by molar-refractivity contribution is 0.0696. The van der Waals surface area contributed by atoms with E-state index in [1.54, 1.807) is 19.2 Å². The van der Waals surface area contributed by atoms with Crippen molar-refractivity contribution in [3.8, 4) is 12.3 Å². The van der Waals surface area contributed by atoms with Gasteiger partial charge in [0.2, 0.25) is 5.96 Å². The van der Waals surface area contributed by atoms with Gasteiger partial charge in [0.1, 0.15) is 29.3 Å². The van der Waals surface area contributed by atoms with Crippen LogP contribution in [0.4, 0.5) is 17.3 Å². The number of aromatic carboxylic acids is 1. The van der Waals surface area contributed by atoms with Crippen molar-refractivity contribution in [1.82, 2.24) is 10.3 Å². The number of nitriles is 2. The fourth-order valence-corrected chi connectivity index (χ4v) is 2.92. The van der Waals surface area contributed by atoms with Crippen LogP contribution >= 0.6 is 0 Å². The molecule has 2 heterocycles. The summed E-state index contributed by atoms with van der Waals surface area (Å²) in [4.78, 5) is 19.8. The molecule has 10 nitrogen and oxygen atoms in total. The molecule has 0 fully saturated rings. The van der Waals surface area contributed by atoms with Crippen molar-refractivity contribution in [3.63, 3.8) is 0 Å². The van der Waals surface area contributed by atoms with Crippen molar-refractivity contribution < 1.29 is 9.90 Å². The maximum absolute atomic E-state index is 11.2. The van der Waals surface area contributed by atoms with Gasteiger partial charge in [0.15, 0.2) is 6.19 Å². The second kappa shape index (κ2) is 6.54. The third-order valence-electron chi connectivity index (χ3n) is 4.17. The van der Waals surface area contributed by atoms with E-state index in [1.165, 1.54) is 12.1 Å². The smallest absolute Gasteiger partial charge is 0.335 e. The number of carbonyl (C=O) groups is 1. The fraction of sp³-hybridized carbons (Fsp3) is 0.118. The summed E-state index contributed by atoms with van der Waals surface area (Å²) in [6.07, 6.45) is 1.77. The van der Waals surface area contributed by atoms with Crippen LogP contribution in [0.5, 0.6) is 0 Å². The maximum atomic E-state index is 11.2. The van der Waals surface area contributed by atoms with E-state index in [0.717, 1.165) is 0 Å².